The van der Waals surface area contributed by atoms with Gasteiger partial charge in [-0.05, 0) is 6.42 Å². The summed E-state index contributed by atoms with van der Waals surface area (Å²) in [5.41, 5.74) is 1.09. The first-order valence-electron chi connectivity index (χ1n) is 5.76. The molecule has 1 fully saturated rings. The van der Waals surface area contributed by atoms with Crippen LogP contribution in [0.2, 0.25) is 0 Å². The highest BCUT2D eigenvalue weighted by molar-refractivity contribution is 5.05. The van der Waals surface area contributed by atoms with E-state index < -0.39 is 0 Å². The summed E-state index contributed by atoms with van der Waals surface area (Å²) in [6, 6.07) is 2.09. The molecule has 1 aromatic heterocycles. The van der Waals surface area contributed by atoms with Crippen molar-refractivity contribution in [2.24, 2.45) is 0 Å². The molecule has 1 aliphatic heterocycles. The van der Waals surface area contributed by atoms with E-state index in [0.717, 1.165) is 57.0 Å². The van der Waals surface area contributed by atoms with Crippen LogP contribution in [0, 0.1) is 0 Å². The molecule has 0 saturated carbocycles. The molecule has 0 spiro atoms. The minimum atomic E-state index is 0.901. The lowest BCUT2D eigenvalue weighted by Crippen LogP contribution is -2.42. The molecule has 1 N–H and O–H groups in total. The van der Waals surface area contributed by atoms with Crippen molar-refractivity contribution < 1.29 is 4.52 Å². The standard InChI is InChI=1S/C11H19N3O/c1-2-3-10-8-11(15-13-10)9-14-6-4-12-5-7-14/h8,12H,2-7,9H2,1H3. The summed E-state index contributed by atoms with van der Waals surface area (Å²) in [5.74, 6) is 1.00. The maximum Gasteiger partial charge on any atom is 0.150 e. The van der Waals surface area contributed by atoms with Crippen LogP contribution in [0.15, 0.2) is 10.6 Å². The van der Waals surface area contributed by atoms with Gasteiger partial charge in [-0.25, -0.2) is 0 Å². The highest BCUT2D eigenvalue weighted by atomic mass is 16.5. The maximum absolute atomic E-state index is 5.31. The van der Waals surface area contributed by atoms with Crippen LogP contribution in [0.5, 0.6) is 0 Å². The lowest BCUT2D eigenvalue weighted by molar-refractivity contribution is 0.207. The fourth-order valence-electron chi connectivity index (χ4n) is 1.89. The molecule has 2 heterocycles. The molecule has 1 saturated heterocycles. The molecule has 0 aliphatic carbocycles. The summed E-state index contributed by atoms with van der Waals surface area (Å²) in [6.45, 7) is 7.42. The second-order valence-electron chi connectivity index (χ2n) is 4.06. The van der Waals surface area contributed by atoms with Crippen molar-refractivity contribution in [1.82, 2.24) is 15.4 Å². The first kappa shape index (κ1) is 10.6. The molecule has 4 heteroatoms. The van der Waals surface area contributed by atoms with Gasteiger partial charge in [0.15, 0.2) is 5.76 Å². The van der Waals surface area contributed by atoms with Crippen LogP contribution in [0.4, 0.5) is 0 Å². The fourth-order valence-corrected chi connectivity index (χ4v) is 1.89. The van der Waals surface area contributed by atoms with Crippen molar-refractivity contribution in [1.29, 1.82) is 0 Å². The van der Waals surface area contributed by atoms with E-state index in [1.54, 1.807) is 0 Å². The van der Waals surface area contributed by atoms with Crippen LogP contribution in [0.3, 0.4) is 0 Å². The maximum atomic E-state index is 5.31. The monoisotopic (exact) mass is 209 g/mol. The third-order valence-corrected chi connectivity index (χ3v) is 2.70. The molecule has 0 amide bonds. The van der Waals surface area contributed by atoms with E-state index in [1.807, 2.05) is 0 Å². The molecule has 1 aromatic rings. The number of hydrogen-bond donors (Lipinski definition) is 1. The van der Waals surface area contributed by atoms with E-state index in [-0.39, 0.29) is 0 Å². The lowest BCUT2D eigenvalue weighted by Gasteiger charge is -2.25. The van der Waals surface area contributed by atoms with Gasteiger partial charge in [0.05, 0.1) is 12.2 Å². The van der Waals surface area contributed by atoms with E-state index in [1.165, 1.54) is 0 Å². The Labute approximate surface area is 90.6 Å². The van der Waals surface area contributed by atoms with Crippen LogP contribution >= 0.6 is 0 Å². The molecule has 0 bridgehead atoms. The third kappa shape index (κ3) is 3.04. The Kier molecular flexibility index (Phi) is 3.75. The zero-order valence-electron chi connectivity index (χ0n) is 9.33. The van der Waals surface area contributed by atoms with Gasteiger partial charge in [0.25, 0.3) is 0 Å². The van der Waals surface area contributed by atoms with E-state index in [0.29, 0.717) is 0 Å². The molecule has 0 atom stereocenters. The van der Waals surface area contributed by atoms with Crippen LogP contribution in [-0.2, 0) is 13.0 Å². The largest absolute Gasteiger partial charge is 0.360 e. The Morgan fingerprint density at radius 1 is 1.47 bits per heavy atom. The van der Waals surface area contributed by atoms with Gasteiger partial charge in [0.2, 0.25) is 0 Å². The first-order valence-corrected chi connectivity index (χ1v) is 5.76. The number of piperazine rings is 1. The predicted octanol–water partition coefficient (Wildman–Crippen LogP) is 1.03. The van der Waals surface area contributed by atoms with E-state index in [4.69, 9.17) is 4.52 Å². The molecule has 0 aromatic carbocycles. The van der Waals surface area contributed by atoms with Gasteiger partial charge in [0.1, 0.15) is 0 Å². The average molecular weight is 209 g/mol. The summed E-state index contributed by atoms with van der Waals surface area (Å²) in [5, 5.41) is 7.39. The Morgan fingerprint density at radius 2 is 2.27 bits per heavy atom. The van der Waals surface area contributed by atoms with Crippen LogP contribution < -0.4 is 5.32 Å². The van der Waals surface area contributed by atoms with Crippen LogP contribution in [0.25, 0.3) is 0 Å². The van der Waals surface area contributed by atoms with Crippen molar-refractivity contribution in [3.63, 3.8) is 0 Å². The highest BCUT2D eigenvalue weighted by Crippen LogP contribution is 2.09. The lowest BCUT2D eigenvalue weighted by atomic mass is 10.2. The van der Waals surface area contributed by atoms with E-state index >= 15 is 0 Å². The third-order valence-electron chi connectivity index (χ3n) is 2.70. The number of aromatic nitrogens is 1. The summed E-state index contributed by atoms with van der Waals surface area (Å²) in [6.07, 6.45) is 2.14. The number of aryl methyl sites for hydroxylation is 1. The van der Waals surface area contributed by atoms with E-state index in [9.17, 15) is 0 Å². The van der Waals surface area contributed by atoms with Crippen LogP contribution in [0.1, 0.15) is 24.8 Å². The van der Waals surface area contributed by atoms with Gasteiger partial charge in [0, 0.05) is 32.2 Å². The van der Waals surface area contributed by atoms with Gasteiger partial charge in [-0.2, -0.15) is 0 Å². The van der Waals surface area contributed by atoms with Crippen molar-refractivity contribution in [2.45, 2.75) is 26.3 Å². The van der Waals surface area contributed by atoms with Crippen molar-refractivity contribution in [3.8, 4) is 0 Å². The summed E-state index contributed by atoms with van der Waals surface area (Å²) in [4.78, 5) is 2.40. The molecule has 1 aliphatic rings. The van der Waals surface area contributed by atoms with Crippen molar-refractivity contribution >= 4 is 0 Å². The summed E-state index contributed by atoms with van der Waals surface area (Å²) >= 11 is 0. The zero-order chi connectivity index (χ0) is 10.5. The van der Waals surface area contributed by atoms with Gasteiger partial charge in [-0.1, -0.05) is 18.5 Å². The first-order chi connectivity index (χ1) is 7.38. The predicted molar refractivity (Wildman–Crippen MR) is 58.6 cm³/mol. The van der Waals surface area contributed by atoms with Crippen LogP contribution in [-0.4, -0.2) is 36.2 Å². The van der Waals surface area contributed by atoms with Crippen molar-refractivity contribution in [3.05, 3.63) is 17.5 Å². The SMILES string of the molecule is CCCc1cc(CN2CCNCC2)on1. The Hall–Kier alpha value is -0.870. The second-order valence-corrected chi connectivity index (χ2v) is 4.06. The molecule has 15 heavy (non-hydrogen) atoms. The van der Waals surface area contributed by atoms with Gasteiger partial charge < -0.3 is 9.84 Å². The van der Waals surface area contributed by atoms with Crippen molar-refractivity contribution in [2.75, 3.05) is 26.2 Å². The Bertz CT molecular complexity index is 292. The van der Waals surface area contributed by atoms with E-state index in [2.05, 4.69) is 28.4 Å². The van der Waals surface area contributed by atoms with Gasteiger partial charge in [-0.3, -0.25) is 4.90 Å². The normalized spacial score (nSPS) is 18.2. The quantitative estimate of drug-likeness (QED) is 0.804. The second kappa shape index (κ2) is 5.28. The topological polar surface area (TPSA) is 41.3 Å². The molecule has 4 nitrogen and oxygen atoms in total. The average Bonchev–Trinajstić information content (AvgIpc) is 2.68. The summed E-state index contributed by atoms with van der Waals surface area (Å²) < 4.78 is 5.31. The number of rotatable bonds is 4. The fraction of sp³-hybridized carbons (Fsp3) is 0.727. The molecule has 0 unspecified atom stereocenters. The number of hydrogen-bond acceptors (Lipinski definition) is 4. The highest BCUT2D eigenvalue weighted by Gasteiger charge is 2.12. The minimum Gasteiger partial charge on any atom is -0.360 e. The smallest absolute Gasteiger partial charge is 0.150 e. The Balaban J connectivity index is 1.86. The molecule has 84 valence electrons. The molecular weight excluding hydrogens is 190 g/mol. The Morgan fingerprint density at radius 3 is 3.00 bits per heavy atom. The number of nitrogens with one attached hydrogen (secondary N) is 1. The summed E-state index contributed by atoms with van der Waals surface area (Å²) in [7, 11) is 0. The molecule has 2 rings (SSSR count). The minimum absolute atomic E-state index is 0.901. The number of nitrogens with zero attached hydrogens (tertiary/aromatic N) is 2. The zero-order valence-corrected chi connectivity index (χ0v) is 9.33. The molecular formula is C11H19N3O. The van der Waals surface area contributed by atoms with Gasteiger partial charge >= 0.3 is 0 Å². The van der Waals surface area contributed by atoms with Gasteiger partial charge in [-0.15, -0.1) is 0 Å². The molecule has 0 radical (unpaired) electrons.